The number of aliphatic hydroxyl groups is 2. The maximum Gasteiger partial charge on any atom is 0.309 e. The Bertz CT molecular complexity index is 1340. The molecule has 13 heteroatoms. The molecule has 5 saturated heterocycles. The second-order valence-corrected chi connectivity index (χ2v) is 18.1. The summed E-state index contributed by atoms with van der Waals surface area (Å²) in [6.45, 7) is 18.9. The van der Waals surface area contributed by atoms with E-state index in [0.29, 0.717) is 32.1 Å². The summed E-state index contributed by atoms with van der Waals surface area (Å²) in [4.78, 5) is 36.5. The Morgan fingerprint density at radius 3 is 2.26 bits per heavy atom. The predicted octanol–water partition coefficient (Wildman–Crippen LogP) is 5.54. The van der Waals surface area contributed by atoms with Gasteiger partial charge in [0.15, 0.2) is 5.79 Å². The molecule has 5 rings (SSSR count). The molecule has 0 amide bonds. The average Bonchev–Trinajstić information content (AvgIpc) is 3.81. The van der Waals surface area contributed by atoms with Crippen LogP contribution < -0.4 is 0 Å². The van der Waals surface area contributed by atoms with Gasteiger partial charge in [-0.15, -0.1) is 0 Å². The molecule has 0 radical (unpaired) electrons. The fraction of sp³-hybridized carbons (Fsp3) is 0.927. The molecule has 0 unspecified atom stereocenters. The molecule has 0 saturated carbocycles. The van der Waals surface area contributed by atoms with Crippen LogP contribution in [0.4, 0.5) is 0 Å². The zero-order chi connectivity index (χ0) is 40.0. The van der Waals surface area contributed by atoms with Crippen LogP contribution in [0.3, 0.4) is 0 Å². The van der Waals surface area contributed by atoms with Crippen LogP contribution in [0, 0.1) is 35.5 Å². The van der Waals surface area contributed by atoms with E-state index in [1.54, 1.807) is 6.92 Å². The Hall–Kier alpha value is -1.87. The van der Waals surface area contributed by atoms with E-state index in [0.717, 1.165) is 19.3 Å². The first-order chi connectivity index (χ1) is 25.2. The van der Waals surface area contributed by atoms with Crippen LogP contribution >= 0.6 is 0 Å². The number of hydrogen-bond donors (Lipinski definition) is 3. The lowest BCUT2D eigenvalue weighted by Crippen LogP contribution is -2.57. The van der Waals surface area contributed by atoms with Gasteiger partial charge in [-0.1, -0.05) is 48.5 Å². The minimum absolute atomic E-state index is 0.115. The van der Waals surface area contributed by atoms with E-state index in [1.165, 1.54) is 6.92 Å². The summed E-state index contributed by atoms with van der Waals surface area (Å²) in [5.74, 6) is -6.41. The van der Waals surface area contributed by atoms with Crippen molar-refractivity contribution < 1.29 is 62.9 Å². The number of carbonyl (C=O) groups is 3. The highest BCUT2D eigenvalue weighted by Crippen LogP contribution is 2.54. The molecule has 0 aromatic rings. The highest BCUT2D eigenvalue weighted by Gasteiger charge is 2.62. The second kappa shape index (κ2) is 16.5. The second-order valence-electron chi connectivity index (χ2n) is 18.1. The molecule has 1 spiro atoms. The Kier molecular flexibility index (Phi) is 13.3. The van der Waals surface area contributed by atoms with Crippen LogP contribution in [-0.2, 0) is 47.5 Å². The van der Waals surface area contributed by atoms with Gasteiger partial charge in [-0.3, -0.25) is 14.4 Å². The van der Waals surface area contributed by atoms with Crippen molar-refractivity contribution in [1.82, 2.24) is 0 Å². The van der Waals surface area contributed by atoms with Gasteiger partial charge in [0.05, 0.1) is 53.7 Å². The number of carboxylic acids is 1. The van der Waals surface area contributed by atoms with Gasteiger partial charge in [0.2, 0.25) is 5.79 Å². The largest absolute Gasteiger partial charge is 0.481 e. The summed E-state index contributed by atoms with van der Waals surface area (Å²) in [6.07, 6.45) is 1.92. The van der Waals surface area contributed by atoms with Crippen molar-refractivity contribution in [2.75, 3.05) is 6.61 Å². The van der Waals surface area contributed by atoms with E-state index >= 15 is 0 Å². The average molecular weight is 769 g/mol. The van der Waals surface area contributed by atoms with Gasteiger partial charge in [-0.25, -0.2) is 0 Å². The normalized spacial score (nSPS) is 45.6. The van der Waals surface area contributed by atoms with E-state index < -0.39 is 64.9 Å². The molecular weight excluding hydrogens is 700 g/mol. The highest BCUT2D eigenvalue weighted by atomic mass is 16.7. The highest BCUT2D eigenvalue weighted by molar-refractivity contribution is 5.73. The summed E-state index contributed by atoms with van der Waals surface area (Å²) < 4.78 is 45.0. The van der Waals surface area contributed by atoms with Crippen molar-refractivity contribution in [2.24, 2.45) is 35.5 Å². The third-order valence-electron chi connectivity index (χ3n) is 13.6. The Morgan fingerprint density at radius 2 is 1.61 bits per heavy atom. The van der Waals surface area contributed by atoms with Gasteiger partial charge in [0, 0.05) is 43.4 Å². The molecule has 54 heavy (non-hydrogen) atoms. The van der Waals surface area contributed by atoms with Gasteiger partial charge in [0.1, 0.15) is 12.7 Å². The van der Waals surface area contributed by atoms with Gasteiger partial charge in [-0.05, 0) is 71.1 Å². The van der Waals surface area contributed by atoms with Crippen LogP contribution in [0.15, 0.2) is 0 Å². The molecule has 17 atom stereocenters. The molecule has 0 aromatic carbocycles. The van der Waals surface area contributed by atoms with Gasteiger partial charge in [0.25, 0.3) is 0 Å². The number of rotatable bonds is 13. The molecule has 5 heterocycles. The molecule has 5 fully saturated rings. The van der Waals surface area contributed by atoms with Crippen molar-refractivity contribution in [3.8, 4) is 0 Å². The van der Waals surface area contributed by atoms with Crippen LogP contribution in [0.5, 0.6) is 0 Å². The van der Waals surface area contributed by atoms with Crippen LogP contribution in [-0.4, -0.2) is 105 Å². The zero-order valence-electron chi connectivity index (χ0n) is 34.2. The minimum atomic E-state index is -1.59. The molecule has 310 valence electrons. The lowest BCUT2D eigenvalue weighted by molar-refractivity contribution is -0.335. The van der Waals surface area contributed by atoms with E-state index in [9.17, 15) is 29.7 Å². The first-order valence-electron chi connectivity index (χ1n) is 20.6. The summed E-state index contributed by atoms with van der Waals surface area (Å²) in [6, 6.07) is 0. The quantitative estimate of drug-likeness (QED) is 0.199. The molecule has 0 bridgehead atoms. The lowest BCUT2D eigenvalue weighted by Gasteiger charge is -2.48. The molecule has 3 N–H and O–H groups in total. The third-order valence-corrected chi connectivity index (χ3v) is 13.6. The number of esters is 2. The van der Waals surface area contributed by atoms with Gasteiger partial charge >= 0.3 is 17.9 Å². The Morgan fingerprint density at radius 1 is 0.907 bits per heavy atom. The molecule has 13 nitrogen and oxygen atoms in total. The minimum Gasteiger partial charge on any atom is -0.481 e. The SMILES string of the molecule is CCCC(=O)OC[C@]1(O)O[C@H]([C@H]2C[C@H](C)[C@H]([C@]3(C)CC[C@H]([C@]4(C)CC[C@]5(C[C@H](O)[C@@H](C)[C@@H]([C@@H](C)[C@@H](OC(=O)CC)[C@H](C)C(=O)O)O5)O4)O3)O2)[C@@H](C)C[C@H]1C. The number of aliphatic hydroxyl groups excluding tert-OH is 1. The molecule has 0 aromatic heterocycles. The fourth-order valence-corrected chi connectivity index (χ4v) is 10.1. The smallest absolute Gasteiger partial charge is 0.309 e. The predicted molar refractivity (Wildman–Crippen MR) is 196 cm³/mol. The first kappa shape index (κ1) is 43.3. The van der Waals surface area contributed by atoms with Crippen molar-refractivity contribution >= 4 is 17.9 Å². The van der Waals surface area contributed by atoms with E-state index in [2.05, 4.69) is 20.8 Å². The van der Waals surface area contributed by atoms with E-state index in [4.69, 9.17) is 33.2 Å². The van der Waals surface area contributed by atoms with Crippen molar-refractivity contribution in [1.29, 1.82) is 0 Å². The monoisotopic (exact) mass is 768 g/mol. The van der Waals surface area contributed by atoms with Crippen molar-refractivity contribution in [2.45, 2.75) is 199 Å². The number of carbonyl (C=O) groups excluding carboxylic acids is 2. The standard InChI is InChI=1S/C41H68O13/c1-11-13-32(44)48-21-41(47)24(5)18-22(3)33(53-41)29-19-23(4)36(49-29)39(10)15-14-30(51-39)38(9)16-17-40(54-38)20-28(42)25(6)35(52-40)26(7)34(27(8)37(45)46)50-31(43)12-2/h22-30,33-36,42,47H,11-21H2,1-10H3,(H,45,46)/t22-,23-,24+,25+,26-,27-,28-,29+,30+,33-,34+,35-,36+,38-,39-,40+,41-/m0/s1. The van der Waals surface area contributed by atoms with E-state index in [1.807, 2.05) is 34.6 Å². The van der Waals surface area contributed by atoms with Crippen LogP contribution in [0.2, 0.25) is 0 Å². The molecule has 5 aliphatic heterocycles. The van der Waals surface area contributed by atoms with E-state index in [-0.39, 0.29) is 73.5 Å². The zero-order valence-corrected chi connectivity index (χ0v) is 34.2. The van der Waals surface area contributed by atoms with Gasteiger partial charge in [-0.2, -0.15) is 0 Å². The van der Waals surface area contributed by atoms with Crippen LogP contribution in [0.1, 0.15) is 133 Å². The molecular formula is C41H68O13. The number of carboxylic acid groups (broad SMARTS) is 1. The summed E-state index contributed by atoms with van der Waals surface area (Å²) >= 11 is 0. The lowest BCUT2D eigenvalue weighted by atomic mass is 9.78. The maximum absolute atomic E-state index is 12.4. The number of ether oxygens (including phenoxy) is 7. The molecule has 5 aliphatic rings. The Balaban J connectivity index is 1.25. The summed E-state index contributed by atoms with van der Waals surface area (Å²) in [5, 5.41) is 32.7. The maximum atomic E-state index is 12.4. The fourth-order valence-electron chi connectivity index (χ4n) is 10.1. The topological polar surface area (TPSA) is 177 Å². The summed E-state index contributed by atoms with van der Waals surface area (Å²) in [7, 11) is 0. The molecule has 0 aliphatic carbocycles. The first-order valence-corrected chi connectivity index (χ1v) is 20.6. The van der Waals surface area contributed by atoms with Gasteiger partial charge < -0.3 is 48.5 Å². The third kappa shape index (κ3) is 8.67. The van der Waals surface area contributed by atoms with Crippen molar-refractivity contribution in [3.05, 3.63) is 0 Å². The van der Waals surface area contributed by atoms with Crippen molar-refractivity contribution in [3.63, 3.8) is 0 Å². The summed E-state index contributed by atoms with van der Waals surface area (Å²) in [5.41, 5.74) is -1.33. The van der Waals surface area contributed by atoms with Crippen LogP contribution in [0.25, 0.3) is 0 Å². The number of aliphatic carboxylic acids is 1. The number of hydrogen-bond acceptors (Lipinski definition) is 12. The Labute approximate surface area is 321 Å².